The molecular formula is C6H14IMgNO. The Bertz CT molecular complexity index is 89.7. The lowest BCUT2D eigenvalue weighted by atomic mass is 10.2. The number of nitrogens with one attached hydrogen (secondary N) is 1. The molecule has 0 saturated carbocycles. The van der Waals surface area contributed by atoms with E-state index in [0.29, 0.717) is 0 Å². The van der Waals surface area contributed by atoms with Crippen molar-refractivity contribution >= 4 is 52.9 Å². The quantitative estimate of drug-likeness (QED) is 0.499. The van der Waals surface area contributed by atoms with Gasteiger partial charge in [-0.25, -0.2) is 0 Å². The normalized spacial score (nSPS) is 17.4. The van der Waals surface area contributed by atoms with Crippen LogP contribution in [-0.4, -0.2) is 35.5 Å². The molecule has 1 fully saturated rings. The number of hydrogen-bond donors (Lipinski definition) is 1. The van der Waals surface area contributed by atoms with Gasteiger partial charge in [-0.1, -0.05) is 6.42 Å². The van der Waals surface area contributed by atoms with E-state index in [0.717, 1.165) is 25.8 Å². The van der Waals surface area contributed by atoms with E-state index in [4.69, 9.17) is 0 Å². The highest BCUT2D eigenvalue weighted by molar-refractivity contribution is 14.0. The number of carbonyl (C=O) groups excluding carboxylic acids is 1. The van der Waals surface area contributed by atoms with Gasteiger partial charge in [-0.2, -0.15) is 0 Å². The molecule has 0 atom stereocenters. The van der Waals surface area contributed by atoms with Gasteiger partial charge in [-0.3, -0.25) is 4.79 Å². The highest BCUT2D eigenvalue weighted by Gasteiger charge is 2.03. The summed E-state index contributed by atoms with van der Waals surface area (Å²) in [6.07, 6.45) is 4.18. The molecule has 0 aliphatic carbocycles. The zero-order valence-electron chi connectivity index (χ0n) is 5.35. The Balaban J connectivity index is 0. The topological polar surface area (TPSA) is 29.1 Å². The fourth-order valence-corrected chi connectivity index (χ4v) is 0.904. The van der Waals surface area contributed by atoms with Crippen molar-refractivity contribution < 1.29 is 4.79 Å². The lowest BCUT2D eigenvalue weighted by molar-refractivity contribution is -0.120. The molecule has 1 amide bonds. The van der Waals surface area contributed by atoms with Crippen LogP contribution in [0.3, 0.4) is 0 Å². The minimum Gasteiger partial charge on any atom is -0.356 e. The number of halogens is 1. The van der Waals surface area contributed by atoms with E-state index in [1.807, 2.05) is 0 Å². The van der Waals surface area contributed by atoms with Crippen molar-refractivity contribution in [1.29, 1.82) is 0 Å². The number of hydrogen-bond acceptors (Lipinski definition) is 1. The lowest BCUT2D eigenvalue weighted by Gasteiger charge is -1.93. The van der Waals surface area contributed by atoms with Crippen molar-refractivity contribution in [2.75, 3.05) is 6.54 Å². The van der Waals surface area contributed by atoms with Gasteiger partial charge < -0.3 is 5.32 Å². The molecule has 1 N–H and O–H groups in total. The molecule has 0 spiro atoms. The average Bonchev–Trinajstić information content (AvgIpc) is 1.94. The fourth-order valence-electron chi connectivity index (χ4n) is 0.904. The van der Waals surface area contributed by atoms with Crippen molar-refractivity contribution in [3.63, 3.8) is 0 Å². The maximum Gasteiger partial charge on any atom is 0.316 e. The van der Waals surface area contributed by atoms with Gasteiger partial charge in [-0.15, -0.1) is 24.0 Å². The van der Waals surface area contributed by atoms with Gasteiger partial charge in [0.15, 0.2) is 0 Å². The summed E-state index contributed by atoms with van der Waals surface area (Å²) < 4.78 is 0. The van der Waals surface area contributed by atoms with Crippen molar-refractivity contribution in [1.82, 2.24) is 5.32 Å². The second-order valence-corrected chi connectivity index (χ2v) is 2.16. The van der Waals surface area contributed by atoms with E-state index in [2.05, 4.69) is 5.32 Å². The molecule has 1 aliphatic rings. The Morgan fingerprint density at radius 2 is 1.90 bits per heavy atom. The van der Waals surface area contributed by atoms with Crippen LogP contribution < -0.4 is 5.32 Å². The number of rotatable bonds is 0. The van der Waals surface area contributed by atoms with E-state index in [1.54, 1.807) is 0 Å². The van der Waals surface area contributed by atoms with Crippen LogP contribution in [0.2, 0.25) is 0 Å². The summed E-state index contributed by atoms with van der Waals surface area (Å²) in [7, 11) is 0. The first-order valence-electron chi connectivity index (χ1n) is 3.16. The first kappa shape index (κ1) is 13.5. The predicted molar refractivity (Wildman–Crippen MR) is 55.4 cm³/mol. The zero-order chi connectivity index (χ0) is 5.82. The third kappa shape index (κ3) is 5.73. The number of amides is 1. The minimum absolute atomic E-state index is 0. The third-order valence-corrected chi connectivity index (χ3v) is 1.40. The molecular weight excluding hydrogens is 253 g/mol. The van der Waals surface area contributed by atoms with Gasteiger partial charge in [0.05, 0.1) is 0 Å². The Morgan fingerprint density at radius 3 is 2.60 bits per heavy atom. The van der Waals surface area contributed by atoms with Crippen LogP contribution in [0, 0.1) is 0 Å². The molecule has 10 heavy (non-hydrogen) atoms. The second kappa shape index (κ2) is 8.07. The zero-order valence-corrected chi connectivity index (χ0v) is 7.68. The van der Waals surface area contributed by atoms with Crippen molar-refractivity contribution in [3.05, 3.63) is 0 Å². The smallest absolute Gasteiger partial charge is 0.316 e. The lowest BCUT2D eigenvalue weighted by Crippen LogP contribution is -2.21. The summed E-state index contributed by atoms with van der Waals surface area (Å²) in [6, 6.07) is 0. The molecule has 1 rings (SSSR count). The molecule has 0 bridgehead atoms. The highest BCUT2D eigenvalue weighted by atomic mass is 127. The molecule has 0 aromatic carbocycles. The van der Waals surface area contributed by atoms with E-state index in [9.17, 15) is 4.79 Å². The molecule has 0 aromatic rings. The van der Waals surface area contributed by atoms with Gasteiger partial charge in [0, 0.05) is 13.0 Å². The van der Waals surface area contributed by atoms with Crippen molar-refractivity contribution in [2.24, 2.45) is 0 Å². The molecule has 0 radical (unpaired) electrons. The summed E-state index contributed by atoms with van der Waals surface area (Å²) in [6.45, 7) is 0.888. The van der Waals surface area contributed by atoms with Crippen LogP contribution in [0.15, 0.2) is 0 Å². The first-order chi connectivity index (χ1) is 3.89. The van der Waals surface area contributed by atoms with Gasteiger partial charge in [0.25, 0.3) is 0 Å². The van der Waals surface area contributed by atoms with E-state index >= 15 is 0 Å². The molecule has 2 nitrogen and oxygen atoms in total. The van der Waals surface area contributed by atoms with Gasteiger partial charge in [-0.05, 0) is 12.8 Å². The fraction of sp³-hybridized carbons (Fsp3) is 0.833. The summed E-state index contributed by atoms with van der Waals surface area (Å²) in [4.78, 5) is 10.6. The van der Waals surface area contributed by atoms with E-state index < -0.39 is 0 Å². The minimum atomic E-state index is 0. The van der Waals surface area contributed by atoms with E-state index in [-0.39, 0.29) is 52.9 Å². The van der Waals surface area contributed by atoms with Gasteiger partial charge >= 0.3 is 23.1 Å². The largest absolute Gasteiger partial charge is 0.356 e. The third-order valence-electron chi connectivity index (χ3n) is 1.40. The maximum absolute atomic E-state index is 10.6. The van der Waals surface area contributed by atoms with Crippen LogP contribution in [0.1, 0.15) is 25.7 Å². The average molecular weight is 267 g/mol. The van der Waals surface area contributed by atoms with Crippen LogP contribution in [-0.2, 0) is 4.79 Å². The van der Waals surface area contributed by atoms with Gasteiger partial charge in [0.1, 0.15) is 0 Å². The molecule has 4 heteroatoms. The van der Waals surface area contributed by atoms with Crippen LogP contribution in [0.5, 0.6) is 0 Å². The highest BCUT2D eigenvalue weighted by Crippen LogP contribution is 2.02. The predicted octanol–water partition coefficient (Wildman–Crippen LogP) is 0.378. The summed E-state index contributed by atoms with van der Waals surface area (Å²) >= 11 is 0. The summed E-state index contributed by atoms with van der Waals surface area (Å²) in [5.74, 6) is 0.225. The molecule has 1 aliphatic heterocycles. The first-order valence-corrected chi connectivity index (χ1v) is 3.16. The SMILES string of the molecule is I.O=C1CCCCCN1.[MgH2]. The molecule has 58 valence electrons. The van der Waals surface area contributed by atoms with Crippen LogP contribution in [0.4, 0.5) is 0 Å². The Hall–Kier alpha value is 0.966. The van der Waals surface area contributed by atoms with Crippen molar-refractivity contribution in [3.8, 4) is 0 Å². The Morgan fingerprint density at radius 1 is 1.20 bits per heavy atom. The standard InChI is InChI=1S/C6H11NO.HI.Mg.2H/c8-6-4-2-1-3-5-7-6;;;;/h1-5H2,(H,7,8);1H;;;. The Labute approximate surface area is 94.7 Å². The van der Waals surface area contributed by atoms with Gasteiger partial charge in [0.2, 0.25) is 5.91 Å². The summed E-state index contributed by atoms with van der Waals surface area (Å²) in [5.41, 5.74) is 0. The number of carbonyl (C=O) groups is 1. The second-order valence-electron chi connectivity index (χ2n) is 2.16. The molecule has 0 unspecified atom stereocenters. The molecule has 0 aromatic heterocycles. The van der Waals surface area contributed by atoms with Crippen LogP contribution >= 0.6 is 24.0 Å². The maximum atomic E-state index is 10.6. The van der Waals surface area contributed by atoms with E-state index in [1.165, 1.54) is 6.42 Å². The molecule has 1 saturated heterocycles. The van der Waals surface area contributed by atoms with Crippen LogP contribution in [0.25, 0.3) is 0 Å². The Kier molecular flexibility index (Phi) is 10.9. The summed E-state index contributed by atoms with van der Waals surface area (Å²) in [5, 5.41) is 2.81. The molecule has 1 heterocycles. The van der Waals surface area contributed by atoms with Crippen molar-refractivity contribution in [2.45, 2.75) is 25.7 Å². The monoisotopic (exact) mass is 267 g/mol.